The summed E-state index contributed by atoms with van der Waals surface area (Å²) in [4.78, 5) is 7.91. The minimum atomic E-state index is -4.64. The highest BCUT2D eigenvalue weighted by Gasteiger charge is 2.37. The third-order valence-corrected chi connectivity index (χ3v) is 4.26. The Morgan fingerprint density at radius 3 is 1.89 bits per heavy atom. The SMILES string of the molecule is Cc1ccc(-c2cc(-c3ccc(C)cc3)n3nc(C(F)(F)F)nc3n2)cc1. The first-order valence-corrected chi connectivity index (χ1v) is 8.30. The number of aromatic nitrogens is 4. The zero-order valence-corrected chi connectivity index (χ0v) is 14.6. The van der Waals surface area contributed by atoms with E-state index < -0.39 is 12.0 Å². The maximum absolute atomic E-state index is 13.1. The minimum Gasteiger partial charge on any atom is -0.211 e. The fourth-order valence-corrected chi connectivity index (χ4v) is 2.79. The van der Waals surface area contributed by atoms with Crippen LogP contribution in [0.5, 0.6) is 0 Å². The van der Waals surface area contributed by atoms with Gasteiger partial charge in [-0.25, -0.2) is 4.98 Å². The van der Waals surface area contributed by atoms with Gasteiger partial charge in [-0.05, 0) is 19.9 Å². The maximum atomic E-state index is 13.1. The van der Waals surface area contributed by atoms with Crippen molar-refractivity contribution in [3.05, 3.63) is 71.5 Å². The molecule has 4 nitrogen and oxygen atoms in total. The van der Waals surface area contributed by atoms with Gasteiger partial charge in [0.1, 0.15) is 0 Å². The summed E-state index contributed by atoms with van der Waals surface area (Å²) < 4.78 is 40.5. The number of nitrogens with zero attached hydrogens (tertiary/aromatic N) is 4. The molecule has 0 atom stereocenters. The molecule has 4 rings (SSSR count). The van der Waals surface area contributed by atoms with Crippen LogP contribution in [-0.2, 0) is 6.18 Å². The van der Waals surface area contributed by atoms with E-state index in [4.69, 9.17) is 0 Å². The molecular weight excluding hydrogens is 353 g/mol. The highest BCUT2D eigenvalue weighted by molar-refractivity contribution is 5.70. The average molecular weight is 368 g/mol. The predicted octanol–water partition coefficient (Wildman–Crippen LogP) is 5.09. The third-order valence-electron chi connectivity index (χ3n) is 4.26. The van der Waals surface area contributed by atoms with Gasteiger partial charge >= 0.3 is 6.18 Å². The number of fused-ring (bicyclic) bond motifs is 1. The number of rotatable bonds is 2. The molecule has 7 heteroatoms. The Kier molecular flexibility index (Phi) is 3.95. The fourth-order valence-electron chi connectivity index (χ4n) is 2.79. The summed E-state index contributed by atoms with van der Waals surface area (Å²) in [6.07, 6.45) is -4.64. The predicted molar refractivity (Wildman–Crippen MR) is 96.1 cm³/mol. The van der Waals surface area contributed by atoms with Gasteiger partial charge in [0.15, 0.2) is 0 Å². The zero-order valence-electron chi connectivity index (χ0n) is 14.6. The van der Waals surface area contributed by atoms with Crippen molar-refractivity contribution in [3.63, 3.8) is 0 Å². The Labute approximate surface area is 153 Å². The maximum Gasteiger partial charge on any atom is 0.453 e. The van der Waals surface area contributed by atoms with E-state index >= 15 is 0 Å². The van der Waals surface area contributed by atoms with Crippen LogP contribution in [0.2, 0.25) is 0 Å². The van der Waals surface area contributed by atoms with E-state index in [9.17, 15) is 13.2 Å². The van der Waals surface area contributed by atoms with Crippen molar-refractivity contribution in [2.45, 2.75) is 20.0 Å². The van der Waals surface area contributed by atoms with Crippen LogP contribution in [0.25, 0.3) is 28.3 Å². The number of alkyl halides is 3. The molecule has 0 N–H and O–H groups in total. The van der Waals surface area contributed by atoms with Crippen LogP contribution in [0.3, 0.4) is 0 Å². The number of halogens is 3. The molecule has 27 heavy (non-hydrogen) atoms. The quantitative estimate of drug-likeness (QED) is 0.495. The molecule has 2 heterocycles. The summed E-state index contributed by atoms with van der Waals surface area (Å²) in [5.41, 5.74) is 4.71. The molecule has 0 aliphatic carbocycles. The van der Waals surface area contributed by atoms with E-state index in [1.165, 1.54) is 0 Å². The Morgan fingerprint density at radius 2 is 1.33 bits per heavy atom. The number of aryl methyl sites for hydroxylation is 2. The molecule has 0 spiro atoms. The zero-order chi connectivity index (χ0) is 19.2. The van der Waals surface area contributed by atoms with Gasteiger partial charge in [0.25, 0.3) is 11.6 Å². The summed E-state index contributed by atoms with van der Waals surface area (Å²) >= 11 is 0. The lowest BCUT2D eigenvalue weighted by Crippen LogP contribution is -2.07. The average Bonchev–Trinajstić information content (AvgIpc) is 3.07. The van der Waals surface area contributed by atoms with Crippen molar-refractivity contribution >= 4 is 5.78 Å². The van der Waals surface area contributed by atoms with Crippen molar-refractivity contribution in [2.24, 2.45) is 0 Å². The van der Waals surface area contributed by atoms with Gasteiger partial charge < -0.3 is 0 Å². The Morgan fingerprint density at radius 1 is 0.778 bits per heavy atom. The summed E-state index contributed by atoms with van der Waals surface area (Å²) in [6, 6.07) is 16.8. The number of benzene rings is 2. The van der Waals surface area contributed by atoms with Crippen molar-refractivity contribution in [1.82, 2.24) is 19.6 Å². The fraction of sp³-hybridized carbons (Fsp3) is 0.150. The van der Waals surface area contributed by atoms with Gasteiger partial charge in [-0.15, -0.1) is 5.10 Å². The highest BCUT2D eigenvalue weighted by Crippen LogP contribution is 2.30. The van der Waals surface area contributed by atoms with Crippen LogP contribution in [0, 0.1) is 13.8 Å². The molecular formula is C20H15F3N4. The molecule has 2 aromatic carbocycles. The van der Waals surface area contributed by atoms with Crippen LogP contribution in [0.15, 0.2) is 54.6 Å². The standard InChI is InChI=1S/C20H15F3N4/c1-12-3-7-14(8-4-12)16-11-17(15-9-5-13(2)6-10-15)27-19(24-16)25-18(26-27)20(21,22)23/h3-11H,1-2H3. The van der Waals surface area contributed by atoms with Gasteiger partial charge in [0, 0.05) is 11.1 Å². The Hall–Kier alpha value is -3.22. The molecule has 0 amide bonds. The van der Waals surface area contributed by atoms with Gasteiger partial charge in [0.2, 0.25) is 0 Å². The van der Waals surface area contributed by atoms with Gasteiger partial charge in [-0.1, -0.05) is 59.7 Å². The molecule has 0 aliphatic heterocycles. The molecule has 4 aromatic rings. The molecule has 0 saturated heterocycles. The molecule has 0 fully saturated rings. The second-order valence-corrected chi connectivity index (χ2v) is 6.40. The lowest BCUT2D eigenvalue weighted by Gasteiger charge is -2.08. The first-order chi connectivity index (χ1) is 12.8. The van der Waals surface area contributed by atoms with Crippen LogP contribution < -0.4 is 0 Å². The minimum absolute atomic E-state index is 0.0871. The summed E-state index contributed by atoms with van der Waals surface area (Å²) in [5, 5.41) is 3.65. The molecule has 136 valence electrons. The van der Waals surface area contributed by atoms with E-state index in [0.717, 1.165) is 26.8 Å². The van der Waals surface area contributed by atoms with E-state index in [1.54, 1.807) is 6.07 Å². The highest BCUT2D eigenvalue weighted by atomic mass is 19.4. The smallest absolute Gasteiger partial charge is 0.211 e. The van der Waals surface area contributed by atoms with Crippen LogP contribution in [-0.4, -0.2) is 19.6 Å². The topological polar surface area (TPSA) is 43.1 Å². The van der Waals surface area contributed by atoms with Gasteiger partial charge in [-0.2, -0.15) is 22.7 Å². The Balaban J connectivity index is 1.98. The molecule has 0 bridgehead atoms. The van der Waals surface area contributed by atoms with Crippen molar-refractivity contribution in [1.29, 1.82) is 0 Å². The third kappa shape index (κ3) is 3.28. The van der Waals surface area contributed by atoms with Crippen LogP contribution in [0.4, 0.5) is 13.2 Å². The number of hydrogen-bond acceptors (Lipinski definition) is 3. The van der Waals surface area contributed by atoms with E-state index in [1.807, 2.05) is 62.4 Å². The van der Waals surface area contributed by atoms with Gasteiger partial charge in [-0.3, -0.25) is 0 Å². The lowest BCUT2D eigenvalue weighted by atomic mass is 10.1. The van der Waals surface area contributed by atoms with Crippen molar-refractivity contribution < 1.29 is 13.2 Å². The summed E-state index contributed by atoms with van der Waals surface area (Å²) in [5.74, 6) is -1.29. The number of hydrogen-bond donors (Lipinski definition) is 0. The lowest BCUT2D eigenvalue weighted by molar-refractivity contribution is -0.144. The monoisotopic (exact) mass is 368 g/mol. The normalized spacial score (nSPS) is 11.9. The van der Waals surface area contributed by atoms with Crippen LogP contribution >= 0.6 is 0 Å². The van der Waals surface area contributed by atoms with Crippen molar-refractivity contribution in [2.75, 3.05) is 0 Å². The first-order valence-electron chi connectivity index (χ1n) is 8.30. The molecule has 0 unspecified atom stereocenters. The van der Waals surface area contributed by atoms with Crippen LogP contribution in [0.1, 0.15) is 17.0 Å². The van der Waals surface area contributed by atoms with E-state index in [0.29, 0.717) is 11.4 Å². The first kappa shape index (κ1) is 17.2. The molecule has 2 aromatic heterocycles. The summed E-state index contributed by atoms with van der Waals surface area (Å²) in [6.45, 7) is 3.91. The Bertz CT molecular complexity index is 1110. The largest absolute Gasteiger partial charge is 0.453 e. The van der Waals surface area contributed by atoms with E-state index in [-0.39, 0.29) is 5.78 Å². The van der Waals surface area contributed by atoms with Crippen molar-refractivity contribution in [3.8, 4) is 22.5 Å². The molecule has 0 aliphatic rings. The van der Waals surface area contributed by atoms with Gasteiger partial charge in [0.05, 0.1) is 11.4 Å². The van der Waals surface area contributed by atoms with E-state index in [2.05, 4.69) is 15.1 Å². The second kappa shape index (κ2) is 6.19. The molecule has 0 saturated carbocycles. The molecule has 0 radical (unpaired) electrons. The second-order valence-electron chi connectivity index (χ2n) is 6.40. The summed E-state index contributed by atoms with van der Waals surface area (Å²) in [7, 11) is 0.